The molecule has 0 spiro atoms. The monoisotopic (exact) mass is 155 g/mol. The summed E-state index contributed by atoms with van der Waals surface area (Å²) >= 11 is 5.53. The van der Waals surface area contributed by atoms with Crippen LogP contribution in [0.15, 0.2) is 12.3 Å². The van der Waals surface area contributed by atoms with E-state index in [4.69, 9.17) is 11.6 Å². The Morgan fingerprint density at radius 2 is 2.40 bits per heavy atom. The maximum absolute atomic E-state index is 10.3. The fourth-order valence-electron chi connectivity index (χ4n) is 0.639. The molecule has 1 aromatic heterocycles. The standard InChI is InChI=1S/C7H6ClNO/c1-5-3-9-7(8)2-6(5)4-10/h2-4H,1H3. The molecule has 3 heteroatoms. The third-order valence-corrected chi connectivity index (χ3v) is 1.45. The number of nitrogens with zero attached hydrogens (tertiary/aromatic N) is 1. The van der Waals surface area contributed by atoms with Crippen LogP contribution < -0.4 is 0 Å². The molecular weight excluding hydrogens is 150 g/mol. The van der Waals surface area contributed by atoms with E-state index in [9.17, 15) is 4.79 Å². The molecule has 0 N–H and O–H groups in total. The third kappa shape index (κ3) is 1.33. The van der Waals surface area contributed by atoms with Crippen LogP contribution in [0.3, 0.4) is 0 Å². The van der Waals surface area contributed by atoms with E-state index in [0.29, 0.717) is 10.7 Å². The first-order chi connectivity index (χ1) is 4.74. The summed E-state index contributed by atoms with van der Waals surface area (Å²) in [5.41, 5.74) is 1.44. The third-order valence-electron chi connectivity index (χ3n) is 1.24. The molecule has 0 aliphatic carbocycles. The molecule has 1 rings (SSSR count). The molecule has 0 aliphatic rings. The number of hydrogen-bond donors (Lipinski definition) is 0. The number of rotatable bonds is 1. The SMILES string of the molecule is Cc1cnc(Cl)cc1C=O. The van der Waals surface area contributed by atoms with E-state index in [1.165, 1.54) is 0 Å². The lowest BCUT2D eigenvalue weighted by Crippen LogP contribution is -1.87. The average molecular weight is 156 g/mol. The van der Waals surface area contributed by atoms with Gasteiger partial charge in [-0.15, -0.1) is 0 Å². The molecule has 0 bridgehead atoms. The average Bonchev–Trinajstić information content (AvgIpc) is 1.94. The Morgan fingerprint density at radius 1 is 1.70 bits per heavy atom. The fourth-order valence-corrected chi connectivity index (χ4v) is 0.806. The van der Waals surface area contributed by atoms with Gasteiger partial charge in [0, 0.05) is 11.8 Å². The fraction of sp³-hybridized carbons (Fsp3) is 0.143. The van der Waals surface area contributed by atoms with Gasteiger partial charge in [-0.1, -0.05) is 11.6 Å². The van der Waals surface area contributed by atoms with Crippen LogP contribution >= 0.6 is 11.6 Å². The molecule has 0 saturated carbocycles. The van der Waals surface area contributed by atoms with Crippen molar-refractivity contribution in [3.8, 4) is 0 Å². The van der Waals surface area contributed by atoms with Crippen molar-refractivity contribution in [2.45, 2.75) is 6.92 Å². The predicted molar refractivity (Wildman–Crippen MR) is 39.4 cm³/mol. The number of halogens is 1. The zero-order valence-electron chi connectivity index (χ0n) is 5.47. The molecule has 0 atom stereocenters. The summed E-state index contributed by atoms with van der Waals surface area (Å²) in [5, 5.41) is 0.354. The summed E-state index contributed by atoms with van der Waals surface area (Å²) in [6, 6.07) is 1.55. The van der Waals surface area contributed by atoms with Gasteiger partial charge in [-0.2, -0.15) is 0 Å². The van der Waals surface area contributed by atoms with E-state index in [-0.39, 0.29) is 0 Å². The maximum atomic E-state index is 10.3. The summed E-state index contributed by atoms with van der Waals surface area (Å²) < 4.78 is 0. The smallest absolute Gasteiger partial charge is 0.150 e. The van der Waals surface area contributed by atoms with Gasteiger partial charge in [0.25, 0.3) is 0 Å². The van der Waals surface area contributed by atoms with Gasteiger partial charge in [-0.3, -0.25) is 4.79 Å². The molecule has 0 amide bonds. The van der Waals surface area contributed by atoms with Crippen molar-refractivity contribution in [3.63, 3.8) is 0 Å². The zero-order chi connectivity index (χ0) is 7.56. The molecule has 1 aromatic rings. The van der Waals surface area contributed by atoms with Gasteiger partial charge in [0.1, 0.15) is 11.4 Å². The summed E-state index contributed by atoms with van der Waals surface area (Å²) in [6.07, 6.45) is 2.34. The first-order valence-corrected chi connectivity index (χ1v) is 3.19. The number of carbonyl (C=O) groups is 1. The maximum Gasteiger partial charge on any atom is 0.150 e. The normalized spacial score (nSPS) is 9.40. The molecule has 10 heavy (non-hydrogen) atoms. The Balaban J connectivity index is 3.21. The number of carbonyl (C=O) groups excluding carboxylic acids is 1. The van der Waals surface area contributed by atoms with Crippen LogP contribution in [-0.4, -0.2) is 11.3 Å². The molecule has 52 valence electrons. The van der Waals surface area contributed by atoms with Crippen LogP contribution in [0.25, 0.3) is 0 Å². The van der Waals surface area contributed by atoms with Crippen molar-refractivity contribution in [2.24, 2.45) is 0 Å². The summed E-state index contributed by atoms with van der Waals surface area (Å²) in [5.74, 6) is 0. The van der Waals surface area contributed by atoms with Crippen LogP contribution in [-0.2, 0) is 0 Å². The van der Waals surface area contributed by atoms with Crippen LogP contribution in [0.5, 0.6) is 0 Å². The van der Waals surface area contributed by atoms with Crippen molar-refractivity contribution in [1.82, 2.24) is 4.98 Å². The molecular formula is C7H6ClNO. The van der Waals surface area contributed by atoms with Crippen molar-refractivity contribution >= 4 is 17.9 Å². The van der Waals surface area contributed by atoms with Gasteiger partial charge < -0.3 is 0 Å². The Labute approximate surface area is 63.8 Å². The highest BCUT2D eigenvalue weighted by molar-refractivity contribution is 6.29. The highest BCUT2D eigenvalue weighted by atomic mass is 35.5. The minimum atomic E-state index is 0.354. The lowest BCUT2D eigenvalue weighted by molar-refractivity contribution is 0.112. The predicted octanol–water partition coefficient (Wildman–Crippen LogP) is 1.86. The van der Waals surface area contributed by atoms with Crippen molar-refractivity contribution < 1.29 is 4.79 Å². The summed E-state index contributed by atoms with van der Waals surface area (Å²) in [6.45, 7) is 1.81. The van der Waals surface area contributed by atoms with Gasteiger partial charge in [0.2, 0.25) is 0 Å². The van der Waals surface area contributed by atoms with E-state index >= 15 is 0 Å². The first kappa shape index (κ1) is 7.22. The second-order valence-corrected chi connectivity index (χ2v) is 2.37. The largest absolute Gasteiger partial charge is 0.298 e. The summed E-state index contributed by atoms with van der Waals surface area (Å²) in [7, 11) is 0. The van der Waals surface area contributed by atoms with Crippen LogP contribution in [0, 0.1) is 6.92 Å². The van der Waals surface area contributed by atoms with E-state index in [1.807, 2.05) is 6.92 Å². The van der Waals surface area contributed by atoms with E-state index < -0.39 is 0 Å². The number of aldehydes is 1. The minimum absolute atomic E-state index is 0.354. The van der Waals surface area contributed by atoms with Gasteiger partial charge in [0.05, 0.1) is 0 Å². The number of aromatic nitrogens is 1. The quantitative estimate of drug-likeness (QED) is 0.458. The van der Waals surface area contributed by atoms with Crippen molar-refractivity contribution in [1.29, 1.82) is 0 Å². The van der Waals surface area contributed by atoms with E-state index in [2.05, 4.69) is 4.98 Å². The van der Waals surface area contributed by atoms with Crippen LogP contribution in [0.2, 0.25) is 5.15 Å². The molecule has 0 fully saturated rings. The molecule has 0 unspecified atom stereocenters. The van der Waals surface area contributed by atoms with Crippen molar-refractivity contribution in [2.75, 3.05) is 0 Å². The number of hydrogen-bond acceptors (Lipinski definition) is 2. The Kier molecular flexibility index (Phi) is 2.02. The topological polar surface area (TPSA) is 30.0 Å². The van der Waals surface area contributed by atoms with Gasteiger partial charge in [-0.25, -0.2) is 4.98 Å². The Hall–Kier alpha value is -0.890. The highest BCUT2D eigenvalue weighted by Crippen LogP contribution is 2.09. The lowest BCUT2D eigenvalue weighted by Gasteiger charge is -1.95. The highest BCUT2D eigenvalue weighted by Gasteiger charge is 1.96. The van der Waals surface area contributed by atoms with Gasteiger partial charge in [-0.05, 0) is 18.6 Å². The minimum Gasteiger partial charge on any atom is -0.298 e. The number of pyridine rings is 1. The second kappa shape index (κ2) is 2.80. The molecule has 2 nitrogen and oxygen atoms in total. The van der Waals surface area contributed by atoms with Crippen LogP contribution in [0.1, 0.15) is 15.9 Å². The van der Waals surface area contributed by atoms with Gasteiger partial charge in [0.15, 0.2) is 0 Å². The Bertz CT molecular complexity index is 260. The van der Waals surface area contributed by atoms with Gasteiger partial charge >= 0.3 is 0 Å². The molecule has 0 aliphatic heterocycles. The molecule has 0 saturated heterocycles. The first-order valence-electron chi connectivity index (χ1n) is 2.81. The number of aryl methyl sites for hydroxylation is 1. The van der Waals surface area contributed by atoms with Crippen molar-refractivity contribution in [3.05, 3.63) is 28.5 Å². The Morgan fingerprint density at radius 3 is 2.90 bits per heavy atom. The second-order valence-electron chi connectivity index (χ2n) is 1.98. The summed E-state index contributed by atoms with van der Waals surface area (Å²) in [4.78, 5) is 14.1. The molecule has 0 radical (unpaired) electrons. The lowest BCUT2D eigenvalue weighted by atomic mass is 10.2. The zero-order valence-corrected chi connectivity index (χ0v) is 6.22. The van der Waals surface area contributed by atoms with E-state index in [1.54, 1.807) is 12.3 Å². The molecule has 1 heterocycles. The van der Waals surface area contributed by atoms with Crippen LogP contribution in [0.4, 0.5) is 0 Å². The van der Waals surface area contributed by atoms with E-state index in [0.717, 1.165) is 11.8 Å². The molecule has 0 aromatic carbocycles.